The van der Waals surface area contributed by atoms with Gasteiger partial charge in [0.2, 0.25) is 0 Å². The lowest BCUT2D eigenvalue weighted by molar-refractivity contribution is -0.0855. The highest BCUT2D eigenvalue weighted by atomic mass is 127. The average molecular weight is 571 g/mol. The van der Waals surface area contributed by atoms with Gasteiger partial charge in [0.25, 0.3) is 0 Å². The van der Waals surface area contributed by atoms with Crippen molar-refractivity contribution in [3.8, 4) is 0 Å². The molecule has 6 nitrogen and oxygen atoms in total. The maximum Gasteiger partial charge on any atom is 0.191 e. The number of likely N-dealkylation sites (tertiary alicyclic amines) is 1. The second-order valence-electron chi connectivity index (χ2n) is 7.87. The van der Waals surface area contributed by atoms with E-state index in [1.807, 2.05) is 25.2 Å². The Labute approximate surface area is 207 Å². The van der Waals surface area contributed by atoms with E-state index in [9.17, 15) is 0 Å². The van der Waals surface area contributed by atoms with Crippen molar-refractivity contribution in [2.75, 3.05) is 47.0 Å². The molecule has 0 atom stereocenters. The van der Waals surface area contributed by atoms with Crippen molar-refractivity contribution in [3.63, 3.8) is 0 Å². The number of nitrogens with zero attached hydrogens (tertiary/aromatic N) is 2. The number of methoxy groups -OCH3 is 1. The summed E-state index contributed by atoms with van der Waals surface area (Å²) >= 11 is 12.2. The van der Waals surface area contributed by atoms with Crippen molar-refractivity contribution in [1.82, 2.24) is 15.5 Å². The predicted molar refractivity (Wildman–Crippen MR) is 134 cm³/mol. The van der Waals surface area contributed by atoms with Gasteiger partial charge in [-0.1, -0.05) is 29.3 Å². The molecule has 0 aromatic heterocycles. The van der Waals surface area contributed by atoms with Crippen LogP contribution in [0.1, 0.15) is 31.2 Å². The summed E-state index contributed by atoms with van der Waals surface area (Å²) in [5, 5.41) is 8.26. The Morgan fingerprint density at radius 1 is 1.23 bits per heavy atom. The number of nitrogens with one attached hydrogen (secondary N) is 2. The van der Waals surface area contributed by atoms with Gasteiger partial charge in [-0.2, -0.15) is 0 Å². The maximum atomic E-state index is 6.14. The lowest BCUT2D eigenvalue weighted by Gasteiger charge is -2.37. The summed E-state index contributed by atoms with van der Waals surface area (Å²) in [5.41, 5.74) is 1.03. The van der Waals surface area contributed by atoms with Crippen molar-refractivity contribution in [2.45, 2.75) is 43.9 Å². The van der Waals surface area contributed by atoms with Crippen LogP contribution in [-0.2, 0) is 16.0 Å². The molecule has 2 aliphatic rings. The number of hydrogen-bond donors (Lipinski definition) is 2. The van der Waals surface area contributed by atoms with Crippen LogP contribution in [0.5, 0.6) is 0 Å². The molecule has 0 bridgehead atoms. The smallest absolute Gasteiger partial charge is 0.191 e. The summed E-state index contributed by atoms with van der Waals surface area (Å²) in [7, 11) is 3.60. The van der Waals surface area contributed by atoms with Gasteiger partial charge in [-0.05, 0) is 30.5 Å². The molecular weight excluding hydrogens is 538 g/mol. The van der Waals surface area contributed by atoms with E-state index in [0.29, 0.717) is 16.1 Å². The third-order valence-electron chi connectivity index (χ3n) is 5.96. The van der Waals surface area contributed by atoms with Gasteiger partial charge in [-0.3, -0.25) is 9.89 Å². The van der Waals surface area contributed by atoms with Gasteiger partial charge in [0.05, 0.1) is 15.6 Å². The van der Waals surface area contributed by atoms with Crippen molar-refractivity contribution in [1.29, 1.82) is 0 Å². The Bertz CT molecular complexity index is 694. The van der Waals surface area contributed by atoms with E-state index >= 15 is 0 Å². The Morgan fingerprint density at radius 3 is 2.53 bits per heavy atom. The van der Waals surface area contributed by atoms with Crippen LogP contribution in [0.2, 0.25) is 10.0 Å². The van der Waals surface area contributed by atoms with Crippen molar-refractivity contribution in [3.05, 3.63) is 33.8 Å². The minimum Gasteiger partial charge on any atom is -0.381 e. The highest BCUT2D eigenvalue weighted by molar-refractivity contribution is 14.0. The van der Waals surface area contributed by atoms with Gasteiger partial charge >= 0.3 is 0 Å². The lowest BCUT2D eigenvalue weighted by Crippen LogP contribution is -2.53. The molecule has 2 N–H and O–H groups in total. The number of piperidine rings is 1. The molecule has 1 aromatic carbocycles. The molecule has 3 rings (SSSR count). The van der Waals surface area contributed by atoms with E-state index in [-0.39, 0.29) is 29.6 Å². The number of guanidine groups is 1. The van der Waals surface area contributed by atoms with E-state index in [2.05, 4.69) is 20.5 Å². The molecule has 30 heavy (non-hydrogen) atoms. The zero-order valence-corrected chi connectivity index (χ0v) is 21.6. The lowest BCUT2D eigenvalue weighted by atomic mass is 9.94. The SMILES string of the molecule is CN=C(NCC1(OC)CCOCC1)NC1CCN(Cc2ccc(Cl)c(Cl)c2)CC1.I. The van der Waals surface area contributed by atoms with E-state index in [4.69, 9.17) is 32.7 Å². The molecule has 2 heterocycles. The van der Waals surface area contributed by atoms with Crippen LogP contribution in [-0.4, -0.2) is 69.5 Å². The molecule has 170 valence electrons. The molecule has 1 aromatic rings. The molecule has 0 amide bonds. The number of halogens is 3. The second kappa shape index (κ2) is 12.6. The van der Waals surface area contributed by atoms with Crippen LogP contribution in [0.25, 0.3) is 0 Å². The molecule has 2 fully saturated rings. The number of benzene rings is 1. The Morgan fingerprint density at radius 2 is 1.93 bits per heavy atom. The first-order chi connectivity index (χ1) is 14.0. The predicted octanol–water partition coefficient (Wildman–Crippen LogP) is 3.94. The van der Waals surface area contributed by atoms with Crippen LogP contribution < -0.4 is 10.6 Å². The molecular formula is C21H33Cl2IN4O2. The summed E-state index contributed by atoms with van der Waals surface area (Å²) in [6.45, 7) is 5.21. The number of rotatable bonds is 6. The quantitative estimate of drug-likeness (QED) is 0.308. The highest BCUT2D eigenvalue weighted by Crippen LogP contribution is 2.25. The molecule has 0 spiro atoms. The monoisotopic (exact) mass is 570 g/mol. The molecule has 0 radical (unpaired) electrons. The van der Waals surface area contributed by atoms with E-state index in [0.717, 1.165) is 71.0 Å². The van der Waals surface area contributed by atoms with Gasteiger partial charge in [-0.25, -0.2) is 0 Å². The largest absolute Gasteiger partial charge is 0.381 e. The first-order valence-electron chi connectivity index (χ1n) is 10.3. The fourth-order valence-electron chi connectivity index (χ4n) is 3.96. The van der Waals surface area contributed by atoms with Gasteiger partial charge in [0, 0.05) is 72.4 Å². The molecule has 0 saturated carbocycles. The minimum absolute atomic E-state index is 0. The van der Waals surface area contributed by atoms with Crippen molar-refractivity contribution < 1.29 is 9.47 Å². The van der Waals surface area contributed by atoms with Crippen molar-refractivity contribution >= 4 is 53.1 Å². The summed E-state index contributed by atoms with van der Waals surface area (Å²) in [6.07, 6.45) is 3.96. The van der Waals surface area contributed by atoms with Gasteiger partial charge in [0.15, 0.2) is 5.96 Å². The van der Waals surface area contributed by atoms with Crippen LogP contribution in [0.3, 0.4) is 0 Å². The van der Waals surface area contributed by atoms with Crippen LogP contribution >= 0.6 is 47.2 Å². The van der Waals surface area contributed by atoms with Crippen LogP contribution in [0, 0.1) is 0 Å². The summed E-state index contributed by atoms with van der Waals surface area (Å²) in [5.74, 6) is 0.843. The van der Waals surface area contributed by atoms with Crippen molar-refractivity contribution in [2.24, 2.45) is 4.99 Å². The zero-order chi connectivity index (χ0) is 20.7. The van der Waals surface area contributed by atoms with Gasteiger partial charge in [0.1, 0.15) is 0 Å². The maximum absolute atomic E-state index is 6.14. The number of hydrogen-bond acceptors (Lipinski definition) is 4. The number of ether oxygens (including phenoxy) is 2. The normalized spacial score (nSPS) is 20.5. The molecule has 2 aliphatic heterocycles. The standard InChI is InChI=1S/C21H32Cl2N4O2.HI/c1-24-20(25-15-21(28-2)7-11-29-12-8-21)26-17-5-9-27(10-6-17)14-16-3-4-18(22)19(23)13-16;/h3-4,13,17H,5-12,14-15H2,1-2H3,(H2,24,25,26);1H. The molecule has 9 heteroatoms. The van der Waals surface area contributed by atoms with E-state index < -0.39 is 0 Å². The van der Waals surface area contributed by atoms with E-state index in [1.165, 1.54) is 5.56 Å². The third kappa shape index (κ3) is 7.38. The third-order valence-corrected chi connectivity index (χ3v) is 6.70. The zero-order valence-electron chi connectivity index (χ0n) is 17.8. The average Bonchev–Trinajstić information content (AvgIpc) is 2.75. The second-order valence-corrected chi connectivity index (χ2v) is 8.68. The summed E-state index contributed by atoms with van der Waals surface area (Å²) in [4.78, 5) is 6.86. The Hall–Kier alpha value is -0.320. The summed E-state index contributed by atoms with van der Waals surface area (Å²) < 4.78 is 11.3. The fraction of sp³-hybridized carbons (Fsp3) is 0.667. The fourth-order valence-corrected chi connectivity index (χ4v) is 4.28. The number of aliphatic imine (C=N–C) groups is 1. The first-order valence-corrected chi connectivity index (χ1v) is 11.1. The van der Waals surface area contributed by atoms with E-state index in [1.54, 1.807) is 7.11 Å². The highest BCUT2D eigenvalue weighted by Gasteiger charge is 2.32. The Kier molecular flexibility index (Phi) is 10.9. The first kappa shape index (κ1) is 25.9. The van der Waals surface area contributed by atoms with Gasteiger partial charge in [-0.15, -0.1) is 24.0 Å². The molecule has 2 saturated heterocycles. The minimum atomic E-state index is -0.168. The van der Waals surface area contributed by atoms with Gasteiger partial charge < -0.3 is 20.1 Å². The van der Waals surface area contributed by atoms with Crippen LogP contribution in [0.4, 0.5) is 0 Å². The van der Waals surface area contributed by atoms with Crippen LogP contribution in [0.15, 0.2) is 23.2 Å². The topological polar surface area (TPSA) is 58.1 Å². The molecule has 0 aliphatic carbocycles. The summed E-state index contributed by atoms with van der Waals surface area (Å²) in [6, 6.07) is 6.29. The molecule has 0 unspecified atom stereocenters. The Balaban J connectivity index is 0.00000320.